The molecule has 0 radical (unpaired) electrons. The van der Waals surface area contributed by atoms with Crippen molar-refractivity contribution >= 4 is 17.9 Å². The second kappa shape index (κ2) is 51.8. The Bertz CT molecular complexity index is 997. The Morgan fingerprint density at radius 2 is 0.538 bits per heavy atom. The molecule has 0 fully saturated rings. The van der Waals surface area contributed by atoms with Crippen LogP contribution in [0.5, 0.6) is 0 Å². The van der Waals surface area contributed by atoms with Crippen LogP contribution in [0.2, 0.25) is 0 Å². The van der Waals surface area contributed by atoms with Crippen LogP contribution in [0.3, 0.4) is 0 Å². The topological polar surface area (TPSA) is 78.9 Å². The smallest absolute Gasteiger partial charge is 0.306 e. The van der Waals surface area contributed by atoms with Crippen LogP contribution in [0.25, 0.3) is 0 Å². The standard InChI is InChI=1S/C59H114O6/c1-6-9-10-11-12-13-22-29-34-39-44-49-57(60)63-52-56(65-59(62)51-46-41-36-31-26-21-17-15-19-24-28-33-38-43-48-55(5)8-3)53-64-58(61)50-45-40-35-30-25-20-16-14-18-23-27-32-37-42-47-54(4)7-2/h54-56H,6-53H2,1-5H3/t54?,55?,56-/m1/s1. The minimum absolute atomic E-state index is 0.0626. The average molecular weight is 920 g/mol. The van der Waals surface area contributed by atoms with Gasteiger partial charge in [-0.15, -0.1) is 0 Å². The molecule has 0 spiro atoms. The summed E-state index contributed by atoms with van der Waals surface area (Å²) in [7, 11) is 0. The zero-order valence-electron chi connectivity index (χ0n) is 44.6. The number of carbonyl (C=O) groups is 3. The van der Waals surface area contributed by atoms with Gasteiger partial charge in [-0.25, -0.2) is 0 Å². The van der Waals surface area contributed by atoms with E-state index in [0.717, 1.165) is 69.6 Å². The molecule has 0 bridgehead atoms. The van der Waals surface area contributed by atoms with Gasteiger partial charge < -0.3 is 14.2 Å². The third kappa shape index (κ3) is 50.1. The van der Waals surface area contributed by atoms with E-state index in [1.807, 2.05) is 0 Å². The predicted molar refractivity (Wildman–Crippen MR) is 280 cm³/mol. The van der Waals surface area contributed by atoms with Crippen LogP contribution in [0.15, 0.2) is 0 Å². The van der Waals surface area contributed by atoms with Crippen molar-refractivity contribution in [3.63, 3.8) is 0 Å². The first-order chi connectivity index (χ1) is 31.8. The van der Waals surface area contributed by atoms with Crippen LogP contribution in [-0.4, -0.2) is 37.2 Å². The molecule has 0 heterocycles. The molecule has 0 aromatic carbocycles. The van der Waals surface area contributed by atoms with Crippen molar-refractivity contribution < 1.29 is 28.6 Å². The highest BCUT2D eigenvalue weighted by Gasteiger charge is 2.19. The lowest BCUT2D eigenvalue weighted by atomic mass is 9.99. The Hall–Kier alpha value is -1.59. The number of rotatable bonds is 53. The molecule has 0 N–H and O–H groups in total. The number of ether oxygens (including phenoxy) is 3. The number of unbranched alkanes of at least 4 members (excludes halogenated alkanes) is 36. The summed E-state index contributed by atoms with van der Waals surface area (Å²) >= 11 is 0. The molecule has 0 aliphatic heterocycles. The summed E-state index contributed by atoms with van der Waals surface area (Å²) in [5.74, 6) is 0.951. The second-order valence-corrected chi connectivity index (χ2v) is 20.8. The quantitative estimate of drug-likeness (QED) is 0.0344. The zero-order chi connectivity index (χ0) is 47.5. The molecule has 0 saturated heterocycles. The van der Waals surface area contributed by atoms with Crippen LogP contribution in [0, 0.1) is 11.8 Å². The van der Waals surface area contributed by atoms with Crippen molar-refractivity contribution in [1.29, 1.82) is 0 Å². The minimum atomic E-state index is -0.762. The number of hydrogen-bond acceptors (Lipinski definition) is 6. The van der Waals surface area contributed by atoms with Gasteiger partial charge in [-0.1, -0.05) is 291 Å². The number of esters is 3. The third-order valence-electron chi connectivity index (χ3n) is 14.2. The lowest BCUT2D eigenvalue weighted by molar-refractivity contribution is -0.167. The normalized spacial score (nSPS) is 12.9. The molecule has 6 heteroatoms. The van der Waals surface area contributed by atoms with Crippen molar-refractivity contribution in [3.05, 3.63) is 0 Å². The van der Waals surface area contributed by atoms with Crippen LogP contribution < -0.4 is 0 Å². The maximum absolute atomic E-state index is 12.9. The van der Waals surface area contributed by atoms with Crippen molar-refractivity contribution in [2.24, 2.45) is 11.8 Å². The van der Waals surface area contributed by atoms with Gasteiger partial charge in [0.1, 0.15) is 13.2 Å². The molecule has 0 rings (SSSR count). The Labute approximate surface area is 406 Å². The summed E-state index contributed by atoms with van der Waals surface area (Å²) in [4.78, 5) is 38.1. The van der Waals surface area contributed by atoms with E-state index in [0.29, 0.717) is 19.3 Å². The van der Waals surface area contributed by atoms with Crippen LogP contribution >= 0.6 is 0 Å². The van der Waals surface area contributed by atoms with Gasteiger partial charge in [-0.2, -0.15) is 0 Å². The zero-order valence-corrected chi connectivity index (χ0v) is 44.6. The van der Waals surface area contributed by atoms with Gasteiger partial charge in [0.2, 0.25) is 0 Å². The Morgan fingerprint density at radius 3 is 0.800 bits per heavy atom. The summed E-state index contributed by atoms with van der Waals surface area (Å²) < 4.78 is 16.9. The second-order valence-electron chi connectivity index (χ2n) is 20.8. The maximum atomic E-state index is 12.9. The molecule has 0 saturated carbocycles. The molecule has 6 nitrogen and oxygen atoms in total. The van der Waals surface area contributed by atoms with E-state index in [1.54, 1.807) is 0 Å². The van der Waals surface area contributed by atoms with Gasteiger partial charge in [0.25, 0.3) is 0 Å². The molecule has 0 aliphatic rings. The van der Waals surface area contributed by atoms with E-state index in [2.05, 4.69) is 34.6 Å². The lowest BCUT2D eigenvalue weighted by Crippen LogP contribution is -2.30. The molecule has 3 atom stereocenters. The summed E-state index contributed by atoms with van der Waals surface area (Å²) in [6.45, 7) is 11.5. The predicted octanol–water partition coefficient (Wildman–Crippen LogP) is 19.3. The first-order valence-electron chi connectivity index (χ1n) is 29.3. The highest BCUT2D eigenvalue weighted by atomic mass is 16.6. The summed E-state index contributed by atoms with van der Waals surface area (Å²) in [6, 6.07) is 0. The average Bonchev–Trinajstić information content (AvgIpc) is 3.30. The fraction of sp³-hybridized carbons (Fsp3) is 0.949. The van der Waals surface area contributed by atoms with Crippen molar-refractivity contribution in [3.8, 4) is 0 Å². The van der Waals surface area contributed by atoms with Crippen LogP contribution in [0.4, 0.5) is 0 Å². The summed E-state index contributed by atoms with van der Waals surface area (Å²) in [5, 5.41) is 0. The number of carbonyl (C=O) groups excluding carboxylic acids is 3. The minimum Gasteiger partial charge on any atom is -0.462 e. The van der Waals surface area contributed by atoms with E-state index >= 15 is 0 Å². The molecule has 0 amide bonds. The molecule has 0 aromatic heterocycles. The maximum Gasteiger partial charge on any atom is 0.306 e. The van der Waals surface area contributed by atoms with Crippen molar-refractivity contribution in [2.45, 2.75) is 336 Å². The molecule has 2 unspecified atom stereocenters. The molecule has 386 valence electrons. The van der Waals surface area contributed by atoms with Crippen molar-refractivity contribution in [2.75, 3.05) is 13.2 Å². The largest absolute Gasteiger partial charge is 0.462 e. The molecular formula is C59H114O6. The van der Waals surface area contributed by atoms with E-state index in [4.69, 9.17) is 14.2 Å². The molecule has 0 aliphatic carbocycles. The first kappa shape index (κ1) is 63.4. The van der Waals surface area contributed by atoms with Gasteiger partial charge in [0.05, 0.1) is 0 Å². The Kier molecular flexibility index (Phi) is 50.5. The van der Waals surface area contributed by atoms with Crippen molar-refractivity contribution in [1.82, 2.24) is 0 Å². The SMILES string of the molecule is CCCCCCCCCCCCCC(=O)OC[C@H](COC(=O)CCCCCCCCCCCCCCCCC(C)CC)OC(=O)CCCCCCCCCCCCCCCCC(C)CC. The fourth-order valence-electron chi connectivity index (χ4n) is 8.99. The van der Waals surface area contributed by atoms with Crippen LogP contribution in [-0.2, 0) is 28.6 Å². The summed E-state index contributed by atoms with van der Waals surface area (Å²) in [6.07, 6.45) is 55.1. The highest BCUT2D eigenvalue weighted by Crippen LogP contribution is 2.19. The highest BCUT2D eigenvalue weighted by molar-refractivity contribution is 5.71. The fourth-order valence-corrected chi connectivity index (χ4v) is 8.99. The van der Waals surface area contributed by atoms with Crippen LogP contribution in [0.1, 0.15) is 330 Å². The van der Waals surface area contributed by atoms with Gasteiger partial charge >= 0.3 is 17.9 Å². The van der Waals surface area contributed by atoms with Gasteiger partial charge in [-0.3, -0.25) is 14.4 Å². The Morgan fingerprint density at radius 1 is 0.308 bits per heavy atom. The molecular weight excluding hydrogens is 805 g/mol. The Balaban J connectivity index is 4.27. The molecule has 65 heavy (non-hydrogen) atoms. The lowest BCUT2D eigenvalue weighted by Gasteiger charge is -2.18. The summed E-state index contributed by atoms with van der Waals surface area (Å²) in [5.41, 5.74) is 0. The van der Waals surface area contributed by atoms with Gasteiger partial charge in [0.15, 0.2) is 6.10 Å². The molecule has 0 aromatic rings. The van der Waals surface area contributed by atoms with Gasteiger partial charge in [0, 0.05) is 19.3 Å². The van der Waals surface area contributed by atoms with E-state index in [9.17, 15) is 14.4 Å². The van der Waals surface area contributed by atoms with E-state index < -0.39 is 6.10 Å². The van der Waals surface area contributed by atoms with Gasteiger partial charge in [-0.05, 0) is 31.1 Å². The monoisotopic (exact) mass is 919 g/mol. The third-order valence-corrected chi connectivity index (χ3v) is 14.2. The first-order valence-corrected chi connectivity index (χ1v) is 29.3. The van der Waals surface area contributed by atoms with E-state index in [-0.39, 0.29) is 31.1 Å². The van der Waals surface area contributed by atoms with E-state index in [1.165, 1.54) is 218 Å². The number of hydrogen-bond donors (Lipinski definition) is 0.